The summed E-state index contributed by atoms with van der Waals surface area (Å²) in [4.78, 5) is 14.7. The van der Waals surface area contributed by atoms with Crippen molar-refractivity contribution in [3.8, 4) is 0 Å². The van der Waals surface area contributed by atoms with Gasteiger partial charge < -0.3 is 4.90 Å². The molecule has 2 atom stereocenters. The fourth-order valence-corrected chi connectivity index (χ4v) is 2.93. The number of likely N-dealkylation sites (tertiary alicyclic amines) is 1. The Hall–Kier alpha value is -0.0500. The molecule has 0 radical (unpaired) electrons. The van der Waals surface area contributed by atoms with Gasteiger partial charge in [-0.05, 0) is 18.8 Å². The summed E-state index contributed by atoms with van der Waals surface area (Å²) in [5, 5.41) is 0. The van der Waals surface area contributed by atoms with Gasteiger partial charge in [-0.25, -0.2) is 0 Å². The second-order valence-electron chi connectivity index (χ2n) is 5.64. The molecule has 1 heterocycles. The molecule has 1 aliphatic rings. The molecule has 2 unspecified atom stereocenters. The van der Waals surface area contributed by atoms with E-state index in [1.165, 1.54) is 32.1 Å². The maximum Gasteiger partial charge on any atom is 0.222 e. The highest BCUT2D eigenvalue weighted by molar-refractivity contribution is 9.09. The van der Waals surface area contributed by atoms with E-state index in [1.807, 2.05) is 0 Å². The number of amides is 1. The van der Waals surface area contributed by atoms with Crippen LogP contribution < -0.4 is 0 Å². The van der Waals surface area contributed by atoms with Crippen molar-refractivity contribution in [1.29, 1.82) is 0 Å². The fourth-order valence-electron chi connectivity index (χ4n) is 2.56. The Balaban J connectivity index is 2.09. The van der Waals surface area contributed by atoms with Crippen LogP contribution >= 0.6 is 15.9 Å². The van der Waals surface area contributed by atoms with E-state index in [2.05, 4.69) is 34.7 Å². The van der Waals surface area contributed by atoms with Crippen LogP contribution in [0.3, 0.4) is 0 Å². The van der Waals surface area contributed by atoms with Crippen LogP contribution in [0.5, 0.6) is 0 Å². The van der Waals surface area contributed by atoms with Gasteiger partial charge in [0.05, 0.1) is 0 Å². The van der Waals surface area contributed by atoms with Crippen LogP contribution in [-0.4, -0.2) is 28.7 Å². The molecular weight excluding hydrogens is 290 g/mol. The molecule has 3 heteroatoms. The predicted octanol–water partition coefficient (Wildman–Crippen LogP) is 4.37. The number of hydrogen-bond acceptors (Lipinski definition) is 1. The van der Waals surface area contributed by atoms with Crippen LogP contribution in [0.2, 0.25) is 0 Å². The van der Waals surface area contributed by atoms with Gasteiger partial charge in [0.15, 0.2) is 0 Å². The molecule has 0 spiro atoms. The molecular formula is C15H28BrNO. The highest BCUT2D eigenvalue weighted by Crippen LogP contribution is 2.24. The first-order valence-corrected chi connectivity index (χ1v) is 8.48. The molecule has 106 valence electrons. The first kappa shape index (κ1) is 16.0. The van der Waals surface area contributed by atoms with Crippen LogP contribution in [0.1, 0.15) is 65.2 Å². The summed E-state index contributed by atoms with van der Waals surface area (Å²) >= 11 is 3.68. The fraction of sp³-hybridized carbons (Fsp3) is 0.933. The largest absolute Gasteiger partial charge is 0.342 e. The lowest BCUT2D eigenvalue weighted by molar-refractivity contribution is -0.132. The summed E-state index contributed by atoms with van der Waals surface area (Å²) in [6.07, 6.45) is 9.40. The topological polar surface area (TPSA) is 20.3 Å². The number of hydrogen-bond donors (Lipinski definition) is 0. The molecule has 1 fully saturated rings. The lowest BCUT2D eigenvalue weighted by Gasteiger charge is -2.34. The van der Waals surface area contributed by atoms with E-state index in [1.54, 1.807) is 0 Å². The van der Waals surface area contributed by atoms with Crippen molar-refractivity contribution in [2.45, 2.75) is 70.0 Å². The second kappa shape index (κ2) is 8.95. The molecule has 0 aliphatic carbocycles. The van der Waals surface area contributed by atoms with Crippen LogP contribution in [0.25, 0.3) is 0 Å². The van der Waals surface area contributed by atoms with E-state index >= 15 is 0 Å². The number of rotatable bonds is 7. The zero-order valence-electron chi connectivity index (χ0n) is 12.0. The minimum Gasteiger partial charge on any atom is -0.342 e. The van der Waals surface area contributed by atoms with Crippen molar-refractivity contribution in [2.24, 2.45) is 5.92 Å². The van der Waals surface area contributed by atoms with Gasteiger partial charge >= 0.3 is 0 Å². The van der Waals surface area contributed by atoms with Crippen LogP contribution in [0.4, 0.5) is 0 Å². The number of nitrogens with zero attached hydrogens (tertiary/aromatic N) is 1. The van der Waals surface area contributed by atoms with Gasteiger partial charge in [-0.1, -0.05) is 61.9 Å². The van der Waals surface area contributed by atoms with Gasteiger partial charge in [-0.2, -0.15) is 0 Å². The zero-order chi connectivity index (χ0) is 13.4. The molecule has 1 aliphatic heterocycles. The molecule has 0 aromatic rings. The van der Waals surface area contributed by atoms with Crippen molar-refractivity contribution >= 4 is 21.8 Å². The normalized spacial score (nSPS) is 24.3. The van der Waals surface area contributed by atoms with Crippen molar-refractivity contribution in [1.82, 2.24) is 4.90 Å². The SMILES string of the molecule is CCCCCCCCC(=O)N1CCC(Br)C(C)C1. The third-order valence-electron chi connectivity index (χ3n) is 3.90. The van der Waals surface area contributed by atoms with E-state index in [-0.39, 0.29) is 0 Å². The molecule has 0 saturated carbocycles. The van der Waals surface area contributed by atoms with Gasteiger partial charge in [-0.3, -0.25) is 4.79 Å². The highest BCUT2D eigenvalue weighted by Gasteiger charge is 2.26. The van der Waals surface area contributed by atoms with Gasteiger partial charge in [0, 0.05) is 24.3 Å². The quantitative estimate of drug-likeness (QED) is 0.504. The maximum absolute atomic E-state index is 12.0. The molecule has 0 N–H and O–H groups in total. The lowest BCUT2D eigenvalue weighted by atomic mass is 9.99. The van der Waals surface area contributed by atoms with E-state index in [0.29, 0.717) is 16.7 Å². The van der Waals surface area contributed by atoms with E-state index in [4.69, 9.17) is 0 Å². The Labute approximate surface area is 121 Å². The van der Waals surface area contributed by atoms with Crippen molar-refractivity contribution in [3.05, 3.63) is 0 Å². The Morgan fingerprint density at radius 2 is 1.89 bits per heavy atom. The standard InChI is InChI=1S/C15H28BrNO/c1-3-4-5-6-7-8-9-15(18)17-11-10-14(16)13(2)12-17/h13-14H,3-12H2,1-2H3. The Bertz CT molecular complexity index is 245. The number of piperidine rings is 1. The zero-order valence-corrected chi connectivity index (χ0v) is 13.5. The third kappa shape index (κ3) is 5.73. The lowest BCUT2D eigenvalue weighted by Crippen LogP contribution is -2.43. The first-order chi connectivity index (χ1) is 8.65. The average molecular weight is 318 g/mol. The number of alkyl halides is 1. The average Bonchev–Trinajstić information content (AvgIpc) is 2.36. The van der Waals surface area contributed by atoms with Crippen LogP contribution in [0.15, 0.2) is 0 Å². The molecule has 1 rings (SSSR count). The summed E-state index contributed by atoms with van der Waals surface area (Å²) in [5.41, 5.74) is 0. The molecule has 1 amide bonds. The minimum atomic E-state index is 0.372. The monoisotopic (exact) mass is 317 g/mol. The Kier molecular flexibility index (Phi) is 7.96. The summed E-state index contributed by atoms with van der Waals surface area (Å²) in [6.45, 7) is 6.33. The second-order valence-corrected chi connectivity index (χ2v) is 6.82. The third-order valence-corrected chi connectivity index (χ3v) is 5.26. The number of carbonyl (C=O) groups is 1. The molecule has 2 nitrogen and oxygen atoms in total. The summed E-state index contributed by atoms with van der Waals surface area (Å²) < 4.78 is 0. The number of carbonyl (C=O) groups excluding carboxylic acids is 1. The van der Waals surface area contributed by atoms with Crippen molar-refractivity contribution < 1.29 is 4.79 Å². The van der Waals surface area contributed by atoms with Crippen molar-refractivity contribution in [3.63, 3.8) is 0 Å². The van der Waals surface area contributed by atoms with Crippen LogP contribution in [0, 0.1) is 5.92 Å². The van der Waals surface area contributed by atoms with Gasteiger partial charge in [0.2, 0.25) is 5.91 Å². The van der Waals surface area contributed by atoms with E-state index in [0.717, 1.165) is 32.4 Å². The number of unbranched alkanes of at least 4 members (excludes halogenated alkanes) is 5. The van der Waals surface area contributed by atoms with E-state index < -0.39 is 0 Å². The molecule has 0 aromatic heterocycles. The highest BCUT2D eigenvalue weighted by atomic mass is 79.9. The smallest absolute Gasteiger partial charge is 0.222 e. The summed E-state index contributed by atoms with van der Waals surface area (Å²) in [5.74, 6) is 0.962. The van der Waals surface area contributed by atoms with Gasteiger partial charge in [0.25, 0.3) is 0 Å². The summed E-state index contributed by atoms with van der Waals surface area (Å²) in [6, 6.07) is 0. The Morgan fingerprint density at radius 1 is 1.22 bits per heavy atom. The predicted molar refractivity (Wildman–Crippen MR) is 81.1 cm³/mol. The Morgan fingerprint density at radius 3 is 2.56 bits per heavy atom. The van der Waals surface area contributed by atoms with Gasteiger partial charge in [-0.15, -0.1) is 0 Å². The first-order valence-electron chi connectivity index (χ1n) is 7.57. The molecule has 1 saturated heterocycles. The molecule has 0 bridgehead atoms. The van der Waals surface area contributed by atoms with Crippen LogP contribution in [-0.2, 0) is 4.79 Å². The number of halogens is 1. The van der Waals surface area contributed by atoms with Gasteiger partial charge in [0.1, 0.15) is 0 Å². The molecule has 0 aromatic carbocycles. The van der Waals surface area contributed by atoms with E-state index in [9.17, 15) is 4.79 Å². The van der Waals surface area contributed by atoms with Crippen molar-refractivity contribution in [2.75, 3.05) is 13.1 Å². The summed E-state index contributed by atoms with van der Waals surface area (Å²) in [7, 11) is 0. The molecule has 18 heavy (non-hydrogen) atoms. The maximum atomic E-state index is 12.0. The minimum absolute atomic E-state index is 0.372.